The fraction of sp³-hybridized carbons (Fsp3) is 0.545. The Morgan fingerprint density at radius 3 is 2.38 bits per heavy atom. The van der Waals surface area contributed by atoms with E-state index in [-0.39, 0.29) is 22.9 Å². The van der Waals surface area contributed by atoms with Crippen LogP contribution in [0.1, 0.15) is 48.8 Å². The van der Waals surface area contributed by atoms with Crippen LogP contribution in [-0.2, 0) is 32.3 Å². The van der Waals surface area contributed by atoms with Gasteiger partial charge in [0.25, 0.3) is 5.91 Å². The van der Waals surface area contributed by atoms with E-state index in [1.165, 1.54) is 11.0 Å². The van der Waals surface area contributed by atoms with Crippen molar-refractivity contribution in [1.29, 1.82) is 0 Å². The van der Waals surface area contributed by atoms with Gasteiger partial charge in [0.05, 0.1) is 16.3 Å². The fourth-order valence-corrected chi connectivity index (χ4v) is 7.76. The van der Waals surface area contributed by atoms with Crippen molar-refractivity contribution in [3.05, 3.63) is 58.1 Å². The van der Waals surface area contributed by atoms with Crippen LogP contribution in [0.4, 0.5) is 29.3 Å². The van der Waals surface area contributed by atoms with Crippen molar-refractivity contribution in [3.8, 4) is 0 Å². The van der Waals surface area contributed by atoms with Crippen molar-refractivity contribution < 1.29 is 32.3 Å². The Balaban J connectivity index is 1.18. The number of fused-ring (bicyclic) bond motifs is 2. The largest absolute Gasteiger partial charge is 0.436 e. The molecule has 47 heavy (non-hydrogen) atoms. The minimum atomic E-state index is -4.76. The number of rotatable bonds is 5. The van der Waals surface area contributed by atoms with Gasteiger partial charge in [-0.15, -0.1) is 0 Å². The van der Waals surface area contributed by atoms with Gasteiger partial charge in [-0.05, 0) is 68.1 Å². The maximum Gasteiger partial charge on any atom is 0.418 e. The third kappa shape index (κ3) is 7.17. The Labute approximate surface area is 276 Å². The molecule has 3 saturated heterocycles. The standard InChI is InChI=1S/C33H40ClF3N6O4/c34-25-18-21(17-24(29(25)38)33(35,36)37)19-27(30(45)42-15-13-41(14-16-42)22-5-9-39-10-6-22)47-31(46)43-11-7-32(8-12-43)20-28(44)40-26-4-2-1-3-23(26)32/h1-4,17-18,22,27,39H,5-16,19-20,38H2,(H,40,44)/t27-/m1/s1. The molecule has 4 aliphatic rings. The Morgan fingerprint density at radius 2 is 1.70 bits per heavy atom. The molecule has 4 N–H and O–H groups in total. The summed E-state index contributed by atoms with van der Waals surface area (Å²) in [6.07, 6.45) is -3.75. The Kier molecular flexibility index (Phi) is 9.59. The molecule has 10 nitrogen and oxygen atoms in total. The van der Waals surface area contributed by atoms with Crippen LogP contribution in [0.3, 0.4) is 0 Å². The summed E-state index contributed by atoms with van der Waals surface area (Å²) >= 11 is 6.10. The molecule has 4 aliphatic heterocycles. The molecule has 254 valence electrons. The van der Waals surface area contributed by atoms with E-state index in [0.717, 1.165) is 43.2 Å². The zero-order valence-electron chi connectivity index (χ0n) is 26.1. The lowest BCUT2D eigenvalue weighted by molar-refractivity contribution is -0.143. The van der Waals surface area contributed by atoms with Crippen molar-refractivity contribution in [1.82, 2.24) is 20.0 Å². The summed E-state index contributed by atoms with van der Waals surface area (Å²) in [5.74, 6) is -0.540. The molecule has 0 radical (unpaired) electrons. The van der Waals surface area contributed by atoms with E-state index in [4.69, 9.17) is 22.1 Å². The summed E-state index contributed by atoms with van der Waals surface area (Å²) in [5.41, 5.74) is 5.40. The second kappa shape index (κ2) is 13.5. The molecule has 1 spiro atoms. The summed E-state index contributed by atoms with van der Waals surface area (Å²) < 4.78 is 47.2. The molecular formula is C33H40ClF3N6O4. The molecular weight excluding hydrogens is 637 g/mol. The summed E-state index contributed by atoms with van der Waals surface area (Å²) in [6, 6.07) is 10.2. The number of carbonyl (C=O) groups excluding carboxylic acids is 3. The number of hydrogen-bond donors (Lipinski definition) is 3. The number of anilines is 2. The van der Waals surface area contributed by atoms with Gasteiger partial charge in [-0.3, -0.25) is 14.5 Å². The molecule has 4 heterocycles. The fourth-order valence-electron chi connectivity index (χ4n) is 7.51. The number of ether oxygens (including phenoxy) is 1. The number of likely N-dealkylation sites (tertiary alicyclic amines) is 1. The predicted octanol–water partition coefficient (Wildman–Crippen LogP) is 4.26. The highest BCUT2D eigenvalue weighted by molar-refractivity contribution is 6.33. The molecule has 0 unspecified atom stereocenters. The van der Waals surface area contributed by atoms with E-state index in [9.17, 15) is 27.6 Å². The van der Waals surface area contributed by atoms with Crippen LogP contribution in [0.15, 0.2) is 36.4 Å². The lowest BCUT2D eigenvalue weighted by Crippen LogP contribution is -2.56. The molecule has 6 rings (SSSR count). The average molecular weight is 677 g/mol. The second-order valence-corrected chi connectivity index (χ2v) is 13.4. The smallest absolute Gasteiger partial charge is 0.418 e. The van der Waals surface area contributed by atoms with Gasteiger partial charge in [-0.2, -0.15) is 13.2 Å². The van der Waals surface area contributed by atoms with Crippen LogP contribution in [0.2, 0.25) is 5.02 Å². The molecule has 2 aromatic carbocycles. The number of benzene rings is 2. The number of nitrogen functional groups attached to an aromatic ring is 1. The number of amides is 3. The average Bonchev–Trinajstić information content (AvgIpc) is 3.06. The SMILES string of the molecule is Nc1c(Cl)cc(C[C@@H](OC(=O)N2CCC3(CC2)CC(=O)Nc2ccccc23)C(=O)N2CCN(C3CCNCC3)CC2)cc1C(F)(F)F. The lowest BCUT2D eigenvalue weighted by atomic mass is 9.68. The number of carbonyl (C=O) groups is 3. The minimum Gasteiger partial charge on any atom is -0.436 e. The third-order valence-electron chi connectivity index (χ3n) is 10.1. The van der Waals surface area contributed by atoms with E-state index in [0.29, 0.717) is 64.6 Å². The number of piperazine rings is 1. The molecule has 1 atom stereocenters. The number of nitrogens with two attached hydrogens (primary N) is 1. The second-order valence-electron chi connectivity index (χ2n) is 13.0. The number of halogens is 4. The summed E-state index contributed by atoms with van der Waals surface area (Å²) in [5, 5.41) is 5.99. The van der Waals surface area contributed by atoms with Crippen LogP contribution in [0.25, 0.3) is 0 Å². The van der Waals surface area contributed by atoms with Crippen LogP contribution in [-0.4, -0.2) is 97.1 Å². The first-order chi connectivity index (χ1) is 22.4. The normalized spacial score (nSPS) is 21.2. The van der Waals surface area contributed by atoms with Gasteiger partial charge < -0.3 is 30.9 Å². The van der Waals surface area contributed by atoms with Crippen molar-refractivity contribution in [2.24, 2.45) is 0 Å². The van der Waals surface area contributed by atoms with Gasteiger partial charge in [-0.25, -0.2) is 4.79 Å². The Hall–Kier alpha value is -3.55. The highest BCUT2D eigenvalue weighted by Crippen LogP contribution is 2.45. The van der Waals surface area contributed by atoms with Crippen molar-refractivity contribution in [3.63, 3.8) is 0 Å². The zero-order valence-corrected chi connectivity index (χ0v) is 26.8. The number of para-hydroxylation sites is 1. The summed E-state index contributed by atoms with van der Waals surface area (Å²) in [6.45, 7) is 4.64. The molecule has 0 saturated carbocycles. The highest BCUT2D eigenvalue weighted by Gasteiger charge is 2.44. The predicted molar refractivity (Wildman–Crippen MR) is 171 cm³/mol. The Bertz CT molecular complexity index is 1500. The maximum absolute atomic E-state index is 13.9. The molecule has 0 aromatic heterocycles. The van der Waals surface area contributed by atoms with E-state index < -0.39 is 40.9 Å². The van der Waals surface area contributed by atoms with E-state index in [1.807, 2.05) is 24.3 Å². The molecule has 3 amide bonds. The van der Waals surface area contributed by atoms with Crippen molar-refractivity contribution in [2.45, 2.75) is 62.3 Å². The summed E-state index contributed by atoms with van der Waals surface area (Å²) in [4.78, 5) is 45.6. The number of hydrogen-bond acceptors (Lipinski definition) is 7. The molecule has 0 bridgehead atoms. The summed E-state index contributed by atoms with van der Waals surface area (Å²) in [7, 11) is 0. The maximum atomic E-state index is 13.9. The topological polar surface area (TPSA) is 120 Å². The number of nitrogens with zero attached hydrogens (tertiary/aromatic N) is 3. The van der Waals surface area contributed by atoms with Gasteiger partial charge >= 0.3 is 12.3 Å². The van der Waals surface area contributed by atoms with Crippen molar-refractivity contribution >= 4 is 40.9 Å². The van der Waals surface area contributed by atoms with Gasteiger partial charge in [0.2, 0.25) is 5.91 Å². The van der Waals surface area contributed by atoms with Crippen LogP contribution in [0.5, 0.6) is 0 Å². The molecule has 0 aliphatic carbocycles. The van der Waals surface area contributed by atoms with Gasteiger partial charge in [0.15, 0.2) is 6.10 Å². The molecule has 3 fully saturated rings. The van der Waals surface area contributed by atoms with Crippen LogP contribution >= 0.6 is 11.6 Å². The van der Waals surface area contributed by atoms with Gasteiger partial charge in [0.1, 0.15) is 0 Å². The lowest BCUT2D eigenvalue weighted by Gasteiger charge is -2.44. The zero-order chi connectivity index (χ0) is 33.3. The first-order valence-corrected chi connectivity index (χ1v) is 16.5. The quantitative estimate of drug-likeness (QED) is 0.405. The molecule has 14 heteroatoms. The first kappa shape index (κ1) is 33.4. The van der Waals surface area contributed by atoms with Gasteiger partial charge in [0, 0.05) is 69.3 Å². The number of nitrogens with one attached hydrogen (secondary N) is 2. The number of piperidine rings is 2. The minimum absolute atomic E-state index is 0.0778. The number of alkyl halides is 3. The monoisotopic (exact) mass is 676 g/mol. The van der Waals surface area contributed by atoms with E-state index in [1.54, 1.807) is 4.90 Å². The van der Waals surface area contributed by atoms with E-state index >= 15 is 0 Å². The van der Waals surface area contributed by atoms with Crippen LogP contribution in [0, 0.1) is 0 Å². The van der Waals surface area contributed by atoms with Crippen LogP contribution < -0.4 is 16.4 Å². The van der Waals surface area contributed by atoms with E-state index in [2.05, 4.69) is 15.5 Å². The van der Waals surface area contributed by atoms with Gasteiger partial charge in [-0.1, -0.05) is 29.8 Å². The third-order valence-corrected chi connectivity index (χ3v) is 10.4. The first-order valence-electron chi connectivity index (χ1n) is 16.2. The highest BCUT2D eigenvalue weighted by atomic mass is 35.5. The molecule has 2 aromatic rings. The van der Waals surface area contributed by atoms with Crippen molar-refractivity contribution in [2.75, 3.05) is 63.4 Å². The Morgan fingerprint density at radius 1 is 1.02 bits per heavy atom.